The van der Waals surface area contributed by atoms with E-state index in [1.807, 2.05) is 32.0 Å². The van der Waals surface area contributed by atoms with Crippen molar-refractivity contribution in [3.63, 3.8) is 0 Å². The Labute approximate surface area is 175 Å². The van der Waals surface area contributed by atoms with E-state index >= 15 is 0 Å². The molecule has 0 saturated heterocycles. The van der Waals surface area contributed by atoms with Crippen molar-refractivity contribution < 1.29 is 23.9 Å². The van der Waals surface area contributed by atoms with Gasteiger partial charge in [0.2, 0.25) is 5.91 Å². The molecular formula is C22H27N3O5. The molecule has 1 unspecified atom stereocenters. The summed E-state index contributed by atoms with van der Waals surface area (Å²) >= 11 is 0. The lowest BCUT2D eigenvalue weighted by atomic mass is 10.0. The molecule has 0 bridgehead atoms. The number of hydrogen-bond donors (Lipinski definition) is 3. The van der Waals surface area contributed by atoms with Gasteiger partial charge in [-0.15, -0.1) is 0 Å². The molecule has 0 spiro atoms. The number of hydrogen-bond acceptors (Lipinski definition) is 6. The molecule has 0 saturated carbocycles. The van der Waals surface area contributed by atoms with Crippen LogP contribution in [0.4, 0.5) is 10.5 Å². The van der Waals surface area contributed by atoms with Crippen LogP contribution in [0.5, 0.6) is 5.75 Å². The first-order chi connectivity index (χ1) is 14.2. The van der Waals surface area contributed by atoms with Gasteiger partial charge in [0.15, 0.2) is 0 Å². The molecule has 2 rings (SSSR count). The Morgan fingerprint density at radius 1 is 1.00 bits per heavy atom. The van der Waals surface area contributed by atoms with Crippen LogP contribution in [0.3, 0.4) is 0 Å². The number of imide groups is 1. The Morgan fingerprint density at radius 2 is 1.70 bits per heavy atom. The van der Waals surface area contributed by atoms with Crippen LogP contribution in [-0.2, 0) is 14.3 Å². The number of urea groups is 1. The third kappa shape index (κ3) is 6.59. The molecule has 0 aliphatic rings. The molecule has 2 aromatic carbocycles. The Balaban J connectivity index is 1.90. The molecule has 8 heteroatoms. The normalized spacial score (nSPS) is 12.4. The molecule has 0 aromatic heterocycles. The van der Waals surface area contributed by atoms with Gasteiger partial charge in [-0.25, -0.2) is 9.59 Å². The van der Waals surface area contributed by atoms with Gasteiger partial charge in [-0.2, -0.15) is 0 Å². The van der Waals surface area contributed by atoms with Crippen LogP contribution in [-0.4, -0.2) is 43.7 Å². The largest absolute Gasteiger partial charge is 0.491 e. The predicted octanol–water partition coefficient (Wildman–Crippen LogP) is 2.55. The van der Waals surface area contributed by atoms with Crippen molar-refractivity contribution in [1.29, 1.82) is 0 Å². The second kappa shape index (κ2) is 10.4. The number of benzene rings is 2. The summed E-state index contributed by atoms with van der Waals surface area (Å²) in [5.74, 6) is -0.622. The van der Waals surface area contributed by atoms with Gasteiger partial charge in [0.1, 0.15) is 17.9 Å². The lowest BCUT2D eigenvalue weighted by Crippen LogP contribution is -2.57. The summed E-state index contributed by atoms with van der Waals surface area (Å²) in [5, 5.41) is 7.64. The number of nitrogens with one attached hydrogen (secondary N) is 3. The van der Waals surface area contributed by atoms with Crippen molar-refractivity contribution in [3.8, 4) is 5.75 Å². The highest BCUT2D eigenvalue weighted by atomic mass is 16.5. The summed E-state index contributed by atoms with van der Waals surface area (Å²) < 4.78 is 10.5. The molecule has 0 heterocycles. The van der Waals surface area contributed by atoms with Crippen molar-refractivity contribution in [2.75, 3.05) is 25.6 Å². The fourth-order valence-corrected chi connectivity index (χ4v) is 2.58. The minimum atomic E-state index is -1.29. The Bertz CT molecular complexity index is 901. The number of rotatable bonds is 8. The van der Waals surface area contributed by atoms with E-state index in [9.17, 15) is 14.4 Å². The maximum atomic E-state index is 12.2. The molecular weight excluding hydrogens is 386 g/mol. The number of carbonyl (C=O) groups is 3. The maximum absolute atomic E-state index is 12.2. The highest BCUT2D eigenvalue weighted by Gasteiger charge is 2.36. The van der Waals surface area contributed by atoms with Gasteiger partial charge < -0.3 is 14.8 Å². The quantitative estimate of drug-likeness (QED) is 0.575. The van der Waals surface area contributed by atoms with Gasteiger partial charge in [0.05, 0.1) is 13.7 Å². The average molecular weight is 413 g/mol. The van der Waals surface area contributed by atoms with Crippen LogP contribution in [0, 0.1) is 13.8 Å². The molecule has 0 aliphatic carbocycles. The standard InChI is InChI=1S/C22H27N3O5/c1-15-10-11-17(12-16(15)2)24-21(28)25-19(26)13-23-22(3,20(27)29-4)14-30-18-8-6-5-7-9-18/h5-12,23H,13-14H2,1-4H3,(H2,24,25,26,28). The third-order valence-electron chi connectivity index (χ3n) is 4.56. The summed E-state index contributed by atoms with van der Waals surface area (Å²) in [6.07, 6.45) is 0. The first kappa shape index (κ1) is 22.9. The van der Waals surface area contributed by atoms with Gasteiger partial charge in [-0.1, -0.05) is 24.3 Å². The lowest BCUT2D eigenvalue weighted by Gasteiger charge is -2.27. The second-order valence-electron chi connectivity index (χ2n) is 7.08. The van der Waals surface area contributed by atoms with E-state index in [0.717, 1.165) is 11.1 Å². The van der Waals surface area contributed by atoms with Crippen molar-refractivity contribution in [2.24, 2.45) is 0 Å². The van der Waals surface area contributed by atoms with E-state index in [0.29, 0.717) is 11.4 Å². The zero-order valence-corrected chi connectivity index (χ0v) is 17.6. The minimum Gasteiger partial charge on any atom is -0.491 e. The molecule has 160 valence electrons. The van der Waals surface area contributed by atoms with Crippen molar-refractivity contribution in [3.05, 3.63) is 59.7 Å². The molecule has 3 amide bonds. The number of esters is 1. The van der Waals surface area contributed by atoms with Crippen molar-refractivity contribution in [2.45, 2.75) is 26.3 Å². The number of amides is 3. The van der Waals surface area contributed by atoms with Crippen LogP contribution < -0.4 is 20.7 Å². The fraction of sp³-hybridized carbons (Fsp3) is 0.318. The Morgan fingerprint density at radius 3 is 2.33 bits per heavy atom. The maximum Gasteiger partial charge on any atom is 0.329 e. The molecule has 8 nitrogen and oxygen atoms in total. The fourth-order valence-electron chi connectivity index (χ4n) is 2.58. The number of methoxy groups -OCH3 is 1. The van der Waals surface area contributed by atoms with Crippen LogP contribution in [0.2, 0.25) is 0 Å². The molecule has 0 fully saturated rings. The van der Waals surface area contributed by atoms with Crippen LogP contribution in [0.25, 0.3) is 0 Å². The predicted molar refractivity (Wildman–Crippen MR) is 113 cm³/mol. The molecule has 0 aliphatic heterocycles. The topological polar surface area (TPSA) is 106 Å². The molecule has 1 atom stereocenters. The van der Waals surface area contributed by atoms with E-state index < -0.39 is 23.4 Å². The molecule has 0 radical (unpaired) electrons. The zero-order chi connectivity index (χ0) is 22.1. The highest BCUT2D eigenvalue weighted by Crippen LogP contribution is 2.15. The molecule has 2 aromatic rings. The summed E-state index contributed by atoms with van der Waals surface area (Å²) in [7, 11) is 1.25. The van der Waals surface area contributed by atoms with Gasteiger partial charge in [0, 0.05) is 5.69 Å². The van der Waals surface area contributed by atoms with Crippen LogP contribution in [0.1, 0.15) is 18.1 Å². The summed E-state index contributed by atoms with van der Waals surface area (Å²) in [6.45, 7) is 5.10. The summed E-state index contributed by atoms with van der Waals surface area (Å²) in [5.41, 5.74) is 1.41. The van der Waals surface area contributed by atoms with E-state index in [2.05, 4.69) is 16.0 Å². The number of ether oxygens (including phenoxy) is 2. The highest BCUT2D eigenvalue weighted by molar-refractivity contribution is 6.02. The monoisotopic (exact) mass is 413 g/mol. The Kier molecular flexibility index (Phi) is 7.94. The van der Waals surface area contributed by atoms with Crippen LogP contribution in [0.15, 0.2) is 48.5 Å². The molecule has 30 heavy (non-hydrogen) atoms. The van der Waals surface area contributed by atoms with E-state index in [-0.39, 0.29) is 13.2 Å². The minimum absolute atomic E-state index is 0.0637. The van der Waals surface area contributed by atoms with Crippen molar-refractivity contribution in [1.82, 2.24) is 10.6 Å². The van der Waals surface area contributed by atoms with Gasteiger partial charge >= 0.3 is 12.0 Å². The van der Waals surface area contributed by atoms with E-state index in [1.165, 1.54) is 7.11 Å². The lowest BCUT2D eigenvalue weighted by molar-refractivity contribution is -0.149. The SMILES string of the molecule is COC(=O)C(C)(COc1ccccc1)NCC(=O)NC(=O)Nc1ccc(C)c(C)c1. The summed E-state index contributed by atoms with van der Waals surface area (Å²) in [6, 6.07) is 13.7. The number of para-hydroxylation sites is 1. The number of carbonyl (C=O) groups excluding carboxylic acids is 3. The number of aryl methyl sites for hydroxylation is 2. The van der Waals surface area contributed by atoms with Gasteiger partial charge in [-0.05, 0) is 56.2 Å². The van der Waals surface area contributed by atoms with Gasteiger partial charge in [-0.3, -0.25) is 15.4 Å². The number of anilines is 1. The van der Waals surface area contributed by atoms with Crippen molar-refractivity contribution >= 4 is 23.6 Å². The second-order valence-corrected chi connectivity index (χ2v) is 7.08. The average Bonchev–Trinajstić information content (AvgIpc) is 2.73. The Hall–Kier alpha value is -3.39. The third-order valence-corrected chi connectivity index (χ3v) is 4.56. The van der Waals surface area contributed by atoms with E-state index in [1.54, 1.807) is 37.3 Å². The molecule has 3 N–H and O–H groups in total. The summed E-state index contributed by atoms with van der Waals surface area (Å²) in [4.78, 5) is 36.4. The first-order valence-corrected chi connectivity index (χ1v) is 9.43. The van der Waals surface area contributed by atoms with E-state index in [4.69, 9.17) is 9.47 Å². The van der Waals surface area contributed by atoms with Gasteiger partial charge in [0.25, 0.3) is 0 Å². The van der Waals surface area contributed by atoms with Crippen LogP contribution >= 0.6 is 0 Å². The smallest absolute Gasteiger partial charge is 0.329 e. The first-order valence-electron chi connectivity index (χ1n) is 9.43. The zero-order valence-electron chi connectivity index (χ0n) is 17.6.